The summed E-state index contributed by atoms with van der Waals surface area (Å²) in [6.07, 6.45) is 5.12. The van der Waals surface area contributed by atoms with Crippen LogP contribution in [0.25, 0.3) is 10.8 Å². The molecule has 17 heavy (non-hydrogen) atoms. The van der Waals surface area contributed by atoms with Gasteiger partial charge < -0.3 is 5.32 Å². The number of unbranched alkanes of at least 4 members (excludes halogenated alkanes) is 2. The highest BCUT2D eigenvalue weighted by atomic mass is 35.5. The zero-order chi connectivity index (χ0) is 11.9. The molecule has 0 atom stereocenters. The first-order chi connectivity index (χ1) is 8.42. The molecule has 1 heterocycles. The van der Waals surface area contributed by atoms with Crippen molar-refractivity contribution in [2.24, 2.45) is 0 Å². The minimum atomic E-state index is 0.744. The molecule has 0 spiro atoms. The number of rotatable bonds is 6. The molecule has 0 saturated carbocycles. The number of nitrogens with zero attached hydrogens (tertiary/aromatic N) is 2. The Labute approximate surface area is 106 Å². The molecule has 0 amide bonds. The van der Waals surface area contributed by atoms with Crippen LogP contribution in [0, 0.1) is 0 Å². The molecule has 2 rings (SSSR count). The Kier molecular flexibility index (Phi) is 4.56. The van der Waals surface area contributed by atoms with Gasteiger partial charge in [0, 0.05) is 23.2 Å². The lowest BCUT2D eigenvalue weighted by atomic mass is 10.2. The van der Waals surface area contributed by atoms with E-state index in [0.717, 1.165) is 48.3 Å². The number of alkyl halides is 1. The van der Waals surface area contributed by atoms with Gasteiger partial charge in [-0.25, -0.2) is 0 Å². The average Bonchev–Trinajstić information content (AvgIpc) is 2.39. The van der Waals surface area contributed by atoms with E-state index in [2.05, 4.69) is 21.6 Å². The van der Waals surface area contributed by atoms with Crippen LogP contribution in [-0.2, 0) is 0 Å². The number of anilines is 1. The summed E-state index contributed by atoms with van der Waals surface area (Å²) in [4.78, 5) is 0. The molecule has 3 nitrogen and oxygen atoms in total. The van der Waals surface area contributed by atoms with Crippen LogP contribution in [0.3, 0.4) is 0 Å². The van der Waals surface area contributed by atoms with Gasteiger partial charge in [0.1, 0.15) is 0 Å². The standard InChI is InChI=1S/C13H16ClN3/c14-8-4-1-5-9-15-13-12-7-3-2-6-11(12)10-16-17-13/h2-3,6-7,10H,1,4-5,8-9H2,(H,15,17). The second kappa shape index (κ2) is 6.40. The Bertz CT molecular complexity index is 468. The molecule has 0 fully saturated rings. The quantitative estimate of drug-likeness (QED) is 0.629. The van der Waals surface area contributed by atoms with Gasteiger partial charge in [-0.05, 0) is 12.8 Å². The van der Waals surface area contributed by atoms with Crippen LogP contribution >= 0.6 is 11.6 Å². The summed E-state index contributed by atoms with van der Waals surface area (Å²) in [5.74, 6) is 1.61. The fraction of sp³-hybridized carbons (Fsp3) is 0.385. The Morgan fingerprint density at radius 1 is 1.12 bits per heavy atom. The van der Waals surface area contributed by atoms with Gasteiger partial charge >= 0.3 is 0 Å². The number of hydrogen-bond acceptors (Lipinski definition) is 3. The zero-order valence-electron chi connectivity index (χ0n) is 9.69. The maximum Gasteiger partial charge on any atom is 0.156 e. The van der Waals surface area contributed by atoms with E-state index in [-0.39, 0.29) is 0 Å². The number of fused-ring (bicyclic) bond motifs is 1. The molecule has 0 saturated heterocycles. The summed E-state index contributed by atoms with van der Waals surface area (Å²) in [7, 11) is 0. The monoisotopic (exact) mass is 249 g/mol. The number of benzene rings is 1. The van der Waals surface area contributed by atoms with Crippen LogP contribution in [0.2, 0.25) is 0 Å². The highest BCUT2D eigenvalue weighted by Gasteiger charge is 2.01. The molecule has 1 N–H and O–H groups in total. The van der Waals surface area contributed by atoms with Crippen LogP contribution < -0.4 is 5.32 Å². The molecule has 0 aliphatic heterocycles. The Morgan fingerprint density at radius 3 is 2.88 bits per heavy atom. The molecule has 1 aromatic carbocycles. The molecule has 0 radical (unpaired) electrons. The average molecular weight is 250 g/mol. The smallest absolute Gasteiger partial charge is 0.156 e. The van der Waals surface area contributed by atoms with Gasteiger partial charge in [-0.1, -0.05) is 30.7 Å². The van der Waals surface area contributed by atoms with Crippen LogP contribution in [0.4, 0.5) is 5.82 Å². The molecule has 0 aliphatic rings. The van der Waals surface area contributed by atoms with Crippen molar-refractivity contribution in [1.29, 1.82) is 0 Å². The minimum Gasteiger partial charge on any atom is -0.368 e. The van der Waals surface area contributed by atoms with E-state index < -0.39 is 0 Å². The lowest BCUT2D eigenvalue weighted by Gasteiger charge is -2.07. The lowest BCUT2D eigenvalue weighted by Crippen LogP contribution is -2.04. The summed E-state index contributed by atoms with van der Waals surface area (Å²) in [5, 5.41) is 13.7. The Hall–Kier alpha value is -1.35. The van der Waals surface area contributed by atoms with E-state index in [0.29, 0.717) is 0 Å². The van der Waals surface area contributed by atoms with Crippen molar-refractivity contribution in [2.75, 3.05) is 17.7 Å². The molecule has 0 aliphatic carbocycles. The highest BCUT2D eigenvalue weighted by molar-refractivity contribution is 6.17. The van der Waals surface area contributed by atoms with Gasteiger partial charge in [0.05, 0.1) is 6.20 Å². The molecular weight excluding hydrogens is 234 g/mol. The highest BCUT2D eigenvalue weighted by Crippen LogP contribution is 2.19. The van der Waals surface area contributed by atoms with E-state index >= 15 is 0 Å². The Morgan fingerprint density at radius 2 is 2.00 bits per heavy atom. The molecule has 1 aromatic heterocycles. The normalized spacial score (nSPS) is 10.6. The third-order valence-electron chi connectivity index (χ3n) is 2.67. The van der Waals surface area contributed by atoms with Gasteiger partial charge in [0.15, 0.2) is 5.82 Å². The van der Waals surface area contributed by atoms with Crippen molar-refractivity contribution in [2.45, 2.75) is 19.3 Å². The Balaban J connectivity index is 1.98. The van der Waals surface area contributed by atoms with Crippen molar-refractivity contribution in [3.63, 3.8) is 0 Å². The summed E-state index contributed by atoms with van der Waals surface area (Å²) >= 11 is 5.63. The first kappa shape index (κ1) is 12.1. The van der Waals surface area contributed by atoms with Crippen LogP contribution in [0.1, 0.15) is 19.3 Å². The maximum absolute atomic E-state index is 5.63. The molecule has 2 aromatic rings. The lowest BCUT2D eigenvalue weighted by molar-refractivity contribution is 0.745. The number of halogens is 1. The maximum atomic E-state index is 5.63. The van der Waals surface area contributed by atoms with Crippen molar-refractivity contribution in [3.05, 3.63) is 30.5 Å². The number of aromatic nitrogens is 2. The SMILES string of the molecule is ClCCCCCNc1nncc2ccccc12. The van der Waals surface area contributed by atoms with Gasteiger partial charge in [-0.2, -0.15) is 5.10 Å². The van der Waals surface area contributed by atoms with Crippen LogP contribution in [-0.4, -0.2) is 22.6 Å². The second-order valence-electron chi connectivity index (χ2n) is 3.96. The van der Waals surface area contributed by atoms with Crippen LogP contribution in [0.15, 0.2) is 30.5 Å². The first-order valence-corrected chi connectivity index (χ1v) is 6.45. The summed E-state index contributed by atoms with van der Waals surface area (Å²) in [6, 6.07) is 8.13. The first-order valence-electron chi connectivity index (χ1n) is 5.92. The third-order valence-corrected chi connectivity index (χ3v) is 2.94. The van der Waals surface area contributed by atoms with Crippen molar-refractivity contribution < 1.29 is 0 Å². The predicted octanol–water partition coefficient (Wildman–Crippen LogP) is 3.45. The molecular formula is C13H16ClN3. The summed E-state index contributed by atoms with van der Waals surface area (Å²) in [6.45, 7) is 0.916. The van der Waals surface area contributed by atoms with Gasteiger partial charge in [0.25, 0.3) is 0 Å². The second-order valence-corrected chi connectivity index (χ2v) is 4.33. The zero-order valence-corrected chi connectivity index (χ0v) is 10.5. The molecule has 90 valence electrons. The van der Waals surface area contributed by atoms with E-state index in [9.17, 15) is 0 Å². The summed E-state index contributed by atoms with van der Waals surface area (Å²) in [5.41, 5.74) is 0. The van der Waals surface area contributed by atoms with E-state index in [4.69, 9.17) is 11.6 Å². The third kappa shape index (κ3) is 3.30. The van der Waals surface area contributed by atoms with Gasteiger partial charge in [0.2, 0.25) is 0 Å². The van der Waals surface area contributed by atoms with E-state index in [1.165, 1.54) is 0 Å². The summed E-state index contributed by atoms with van der Waals surface area (Å²) < 4.78 is 0. The topological polar surface area (TPSA) is 37.8 Å². The molecule has 4 heteroatoms. The van der Waals surface area contributed by atoms with Crippen molar-refractivity contribution in [3.8, 4) is 0 Å². The van der Waals surface area contributed by atoms with E-state index in [1.807, 2.05) is 18.2 Å². The largest absolute Gasteiger partial charge is 0.368 e. The fourth-order valence-electron chi connectivity index (χ4n) is 1.76. The van der Waals surface area contributed by atoms with E-state index in [1.54, 1.807) is 6.20 Å². The van der Waals surface area contributed by atoms with Crippen molar-refractivity contribution >= 4 is 28.2 Å². The van der Waals surface area contributed by atoms with Crippen molar-refractivity contribution in [1.82, 2.24) is 10.2 Å². The molecule has 0 bridgehead atoms. The predicted molar refractivity (Wildman–Crippen MR) is 72.6 cm³/mol. The molecule has 0 unspecified atom stereocenters. The van der Waals surface area contributed by atoms with Gasteiger partial charge in [-0.15, -0.1) is 16.7 Å². The fourth-order valence-corrected chi connectivity index (χ4v) is 1.95. The van der Waals surface area contributed by atoms with Gasteiger partial charge in [-0.3, -0.25) is 0 Å². The minimum absolute atomic E-state index is 0.744. The number of nitrogens with one attached hydrogen (secondary N) is 1. The van der Waals surface area contributed by atoms with Crippen LogP contribution in [0.5, 0.6) is 0 Å². The number of hydrogen-bond donors (Lipinski definition) is 1.